The van der Waals surface area contributed by atoms with Gasteiger partial charge in [0.05, 0.1) is 25.5 Å². The number of aliphatic hydroxyl groups is 1. The number of nitrogens with one attached hydrogen (secondary N) is 13. The van der Waals surface area contributed by atoms with E-state index >= 15 is 0 Å². The number of aliphatic hydroxyl groups excluding tert-OH is 1. The van der Waals surface area contributed by atoms with Gasteiger partial charge in [0, 0.05) is 67.1 Å². The van der Waals surface area contributed by atoms with E-state index < -0.39 is 175 Å². The SMILES string of the molecule is CC(C)C[C@@H]1NC(=O)[C@H](CCCCCN)NC(=O)[C@H](Cc2ccc(O)cc2)NC(=O)CNC(=O)[C@@H]2CSSC[C@H](NC1=O)C(=O)N[C@@H](Cc1cnc[nH]1)C(=O)N1C[C@H](O)C[C@H]1C(=O)N[C@H](C(N)=O)CSSC[C@H](NC(=O)[C@@H](NC(=O)CNC(=O)[C@@H]1CCC(=O)N1)C(C)C)C(=O)N2. The molecule has 33 nitrogen and oxygen atoms in total. The van der Waals surface area contributed by atoms with Crippen molar-refractivity contribution in [2.24, 2.45) is 23.3 Å². The number of carbonyl (C=O) groups excluding carboxylic acids is 14. The number of nitrogens with two attached hydrogens (primary N) is 2. The van der Waals surface area contributed by atoms with Gasteiger partial charge in [-0.15, -0.1) is 0 Å². The Morgan fingerprint density at radius 2 is 1.33 bits per heavy atom. The van der Waals surface area contributed by atoms with Gasteiger partial charge in [-0.05, 0) is 61.8 Å². The summed E-state index contributed by atoms with van der Waals surface area (Å²) in [4.78, 5) is 205. The Hall–Kier alpha value is -7.87. The maximum atomic E-state index is 15.0. The number of nitrogens with zero attached hydrogens (tertiary/aromatic N) is 2. The lowest BCUT2D eigenvalue weighted by Gasteiger charge is -2.31. The van der Waals surface area contributed by atoms with E-state index in [1.54, 1.807) is 27.7 Å². The molecule has 37 heteroatoms. The number of primary amides is 1. The maximum absolute atomic E-state index is 15.0. The predicted molar refractivity (Wildman–Crippen MR) is 356 cm³/mol. The number of hydrogen-bond donors (Lipinski definition) is 17. The van der Waals surface area contributed by atoms with Crippen molar-refractivity contribution in [3.63, 3.8) is 0 Å². The summed E-state index contributed by atoms with van der Waals surface area (Å²) in [6.07, 6.45) is 2.51. The molecule has 6 rings (SSSR count). The van der Waals surface area contributed by atoms with Crippen LogP contribution in [0.25, 0.3) is 0 Å². The van der Waals surface area contributed by atoms with Gasteiger partial charge in [-0.3, -0.25) is 67.1 Å². The molecule has 528 valence electrons. The fourth-order valence-electron chi connectivity index (χ4n) is 10.5. The topological polar surface area (TPSA) is 508 Å². The molecule has 4 saturated heterocycles. The van der Waals surface area contributed by atoms with E-state index in [9.17, 15) is 77.3 Å². The molecule has 0 saturated carbocycles. The number of unbranched alkanes of at least 4 members (excludes halogenated alkanes) is 2. The molecule has 96 heavy (non-hydrogen) atoms. The standard InChI is InChI=1S/C59H87N17O16S4/c1-29(2)16-37-53(86)73-42-26-96-94-25-41(51(84)64-21-46(80)67-38(17-31-9-11-33(77)12-10-31)54(87)68-35(52(85)69-37)8-6-5-7-15-60)72-56(89)43(74-58(91)48(30(3)4)75-47(81)22-63-50(83)36-13-14-45(79)66-36)27-95-93-24-40(49(61)82)71-57(90)44-19-34(78)23-76(44)59(92)39(70-55(42)88)18-32-20-62-28-65-32/h9-12,20,28-30,34-44,48,77-78H,5-8,13-19,21-27,60H2,1-4H3,(H2,61,82)(H,62,65)(H,63,83)(H,64,84)(H,66,79)(H,67,80)(H,68,87)(H,69,85)(H,70,88)(H,71,90)(H,72,89)(H,73,86)(H,74,91)(H,75,81)/t34-,35+,36+,37+,38+,39+,40+,41+,42+,43+,44+,48+/m1/s1. The van der Waals surface area contributed by atoms with Gasteiger partial charge in [-0.1, -0.05) is 95.8 Å². The molecule has 19 N–H and O–H groups in total. The first kappa shape index (κ1) is 77.1. The highest BCUT2D eigenvalue weighted by atomic mass is 33.1. The van der Waals surface area contributed by atoms with E-state index in [0.29, 0.717) is 37.1 Å². The summed E-state index contributed by atoms with van der Waals surface area (Å²) in [6.45, 7) is 5.26. The highest BCUT2D eigenvalue weighted by molar-refractivity contribution is 8.77. The zero-order valence-corrected chi connectivity index (χ0v) is 56.8. The molecule has 4 aliphatic heterocycles. The molecule has 0 radical (unpaired) electrons. The normalized spacial score (nSPS) is 26.2. The minimum atomic E-state index is -1.60. The van der Waals surface area contributed by atoms with Crippen LogP contribution in [0.1, 0.15) is 90.3 Å². The van der Waals surface area contributed by atoms with Crippen molar-refractivity contribution in [3.8, 4) is 5.75 Å². The molecule has 0 spiro atoms. The molecule has 1 aromatic heterocycles. The first-order valence-electron chi connectivity index (χ1n) is 31.5. The van der Waals surface area contributed by atoms with Crippen LogP contribution in [0, 0.1) is 11.8 Å². The summed E-state index contributed by atoms with van der Waals surface area (Å²) in [7, 11) is 3.67. The second kappa shape index (κ2) is 38.2. The van der Waals surface area contributed by atoms with E-state index in [1.165, 1.54) is 36.8 Å². The quantitative estimate of drug-likeness (QED) is 0.0464. The third kappa shape index (κ3) is 24.3. The second-order valence-corrected chi connectivity index (χ2v) is 29.4. The van der Waals surface area contributed by atoms with Crippen LogP contribution >= 0.6 is 43.2 Å². The van der Waals surface area contributed by atoms with Gasteiger partial charge in [-0.25, -0.2) is 4.98 Å². The van der Waals surface area contributed by atoms with Crippen molar-refractivity contribution in [2.75, 3.05) is 49.2 Å². The first-order chi connectivity index (χ1) is 45.7. The number of rotatable bonds is 19. The molecule has 1 aromatic carbocycles. The van der Waals surface area contributed by atoms with Crippen LogP contribution in [-0.2, 0) is 80.0 Å². The van der Waals surface area contributed by atoms with Gasteiger partial charge in [-0.2, -0.15) is 0 Å². The van der Waals surface area contributed by atoms with Crippen molar-refractivity contribution in [1.82, 2.24) is 78.7 Å². The Kier molecular flexibility index (Phi) is 30.7. The summed E-state index contributed by atoms with van der Waals surface area (Å²) in [5, 5.41) is 52.4. The molecule has 0 unspecified atom stereocenters. The van der Waals surface area contributed by atoms with E-state index in [2.05, 4.69) is 73.8 Å². The number of phenols is 1. The number of hydrogen-bond acceptors (Lipinski definition) is 22. The van der Waals surface area contributed by atoms with E-state index in [1.807, 2.05) is 0 Å². The number of phenolic OH excluding ortho intramolecular Hbond substituents is 1. The molecule has 14 amide bonds. The lowest BCUT2D eigenvalue weighted by Crippen LogP contribution is -2.61. The number of H-pyrrole nitrogens is 1. The molecule has 4 aliphatic rings. The number of imidazole rings is 1. The number of aromatic hydroxyl groups is 1. The van der Waals surface area contributed by atoms with Gasteiger partial charge in [0.15, 0.2) is 0 Å². The van der Waals surface area contributed by atoms with Gasteiger partial charge in [0.1, 0.15) is 72.2 Å². The van der Waals surface area contributed by atoms with Crippen molar-refractivity contribution in [3.05, 3.63) is 48.0 Å². The summed E-state index contributed by atoms with van der Waals surface area (Å²) in [5.41, 5.74) is 12.4. The minimum Gasteiger partial charge on any atom is -0.508 e. The molecule has 5 heterocycles. The largest absolute Gasteiger partial charge is 0.508 e. The van der Waals surface area contributed by atoms with Crippen LogP contribution in [0.4, 0.5) is 0 Å². The van der Waals surface area contributed by atoms with E-state index in [4.69, 9.17) is 11.5 Å². The summed E-state index contributed by atoms with van der Waals surface area (Å²) < 4.78 is 0. The smallest absolute Gasteiger partial charge is 0.246 e. The lowest BCUT2D eigenvalue weighted by molar-refractivity contribution is -0.142. The highest BCUT2D eigenvalue weighted by Crippen LogP contribution is 2.27. The molecule has 2 aromatic rings. The lowest BCUT2D eigenvalue weighted by atomic mass is 10.0. The van der Waals surface area contributed by atoms with E-state index in [0.717, 1.165) is 48.1 Å². The molecule has 12 atom stereocenters. The van der Waals surface area contributed by atoms with Crippen molar-refractivity contribution in [2.45, 2.75) is 164 Å². The van der Waals surface area contributed by atoms with Crippen LogP contribution in [0.3, 0.4) is 0 Å². The zero-order chi connectivity index (χ0) is 70.2. The number of benzene rings is 1. The Bertz CT molecular complexity index is 3100. The molecule has 4 fully saturated rings. The van der Waals surface area contributed by atoms with Gasteiger partial charge in [0.2, 0.25) is 82.7 Å². The first-order valence-corrected chi connectivity index (χ1v) is 36.5. The number of carbonyl (C=O) groups is 14. The van der Waals surface area contributed by atoms with Gasteiger partial charge in [0.25, 0.3) is 0 Å². The Morgan fingerprint density at radius 3 is 1.98 bits per heavy atom. The van der Waals surface area contributed by atoms with Crippen molar-refractivity contribution in [1.29, 1.82) is 0 Å². The Balaban J connectivity index is 1.41. The number of fused-ring (bicyclic) bond motifs is 6. The molecular formula is C59H87N17O16S4. The van der Waals surface area contributed by atoms with Crippen LogP contribution in [0.5, 0.6) is 5.75 Å². The van der Waals surface area contributed by atoms with Crippen molar-refractivity contribution < 1.29 is 77.3 Å². The molecule has 0 aliphatic carbocycles. The predicted octanol–water partition coefficient (Wildman–Crippen LogP) is -4.77. The number of aromatic amines is 1. The summed E-state index contributed by atoms with van der Waals surface area (Å²) in [5.74, 6) is -14.2. The molecular weight excluding hydrogens is 1330 g/mol. The zero-order valence-electron chi connectivity index (χ0n) is 53.6. The van der Waals surface area contributed by atoms with Crippen LogP contribution in [-0.4, -0.2) is 230 Å². The van der Waals surface area contributed by atoms with E-state index in [-0.39, 0.29) is 85.5 Å². The maximum Gasteiger partial charge on any atom is 0.246 e. The third-order valence-electron chi connectivity index (χ3n) is 15.7. The summed E-state index contributed by atoms with van der Waals surface area (Å²) in [6, 6.07) is -9.82. The van der Waals surface area contributed by atoms with Gasteiger partial charge >= 0.3 is 0 Å². The number of amides is 14. The number of aromatic nitrogens is 2. The average Bonchev–Trinajstić information content (AvgIpc) is 1.63. The van der Waals surface area contributed by atoms with Gasteiger partial charge < -0.3 is 95.4 Å². The fraction of sp³-hybridized carbons (Fsp3) is 0.610. The highest BCUT2D eigenvalue weighted by Gasteiger charge is 2.44. The Labute approximate surface area is 569 Å². The van der Waals surface area contributed by atoms with Crippen LogP contribution in [0.2, 0.25) is 0 Å². The third-order valence-corrected chi connectivity index (χ3v) is 20.6. The fourth-order valence-corrected chi connectivity index (χ4v) is 15.2. The average molecular weight is 1420 g/mol. The Morgan fingerprint density at radius 1 is 0.688 bits per heavy atom. The van der Waals surface area contributed by atoms with Crippen LogP contribution in [0.15, 0.2) is 36.8 Å². The van der Waals surface area contributed by atoms with Crippen molar-refractivity contribution >= 4 is 126 Å². The second-order valence-electron chi connectivity index (χ2n) is 24.3. The molecule has 2 bridgehead atoms. The monoisotopic (exact) mass is 1420 g/mol. The minimum absolute atomic E-state index is 0.00964. The van der Waals surface area contributed by atoms with Crippen LogP contribution < -0.4 is 75.3 Å². The summed E-state index contributed by atoms with van der Waals surface area (Å²) >= 11 is 0.